The van der Waals surface area contributed by atoms with Crippen LogP contribution in [0, 0.1) is 5.82 Å². The molecule has 1 saturated heterocycles. The van der Waals surface area contributed by atoms with Gasteiger partial charge in [-0.15, -0.1) is 0 Å². The van der Waals surface area contributed by atoms with Crippen LogP contribution >= 0.6 is 11.6 Å². The first kappa shape index (κ1) is 21.5. The van der Waals surface area contributed by atoms with E-state index in [0.29, 0.717) is 36.8 Å². The van der Waals surface area contributed by atoms with Gasteiger partial charge in [0, 0.05) is 60.1 Å². The molecular formula is C26H24ClFN4O. The lowest BCUT2D eigenvalue weighted by molar-refractivity contribution is -0.132. The molecule has 1 fully saturated rings. The predicted molar refractivity (Wildman–Crippen MR) is 130 cm³/mol. The molecule has 4 aromatic rings. The van der Waals surface area contributed by atoms with E-state index in [1.807, 2.05) is 54.4 Å². The number of H-pyrrole nitrogens is 1. The fraction of sp³-hybridized carbons (Fsp3) is 0.231. The van der Waals surface area contributed by atoms with Gasteiger partial charge in [0.25, 0.3) is 0 Å². The fourth-order valence-corrected chi connectivity index (χ4v) is 4.66. The number of anilines is 1. The van der Waals surface area contributed by atoms with Crippen LogP contribution in [-0.2, 0) is 4.79 Å². The third-order valence-electron chi connectivity index (χ3n) is 6.37. The number of benzene rings is 2. The van der Waals surface area contributed by atoms with Crippen LogP contribution in [0.15, 0.2) is 67.0 Å². The van der Waals surface area contributed by atoms with E-state index in [-0.39, 0.29) is 17.6 Å². The van der Waals surface area contributed by atoms with Gasteiger partial charge in [0.1, 0.15) is 11.5 Å². The number of carbonyl (C=O) groups excluding carboxylic acids is 1. The molecule has 0 bridgehead atoms. The summed E-state index contributed by atoms with van der Waals surface area (Å²) < 4.78 is 14.7. The van der Waals surface area contributed by atoms with Crippen LogP contribution in [0.25, 0.3) is 22.2 Å². The van der Waals surface area contributed by atoms with Gasteiger partial charge in [-0.3, -0.25) is 4.79 Å². The quantitative estimate of drug-likeness (QED) is 0.437. The van der Waals surface area contributed by atoms with Gasteiger partial charge in [0.15, 0.2) is 0 Å². The van der Waals surface area contributed by atoms with Crippen molar-refractivity contribution < 1.29 is 9.18 Å². The van der Waals surface area contributed by atoms with Crippen molar-refractivity contribution >= 4 is 34.2 Å². The Morgan fingerprint density at radius 3 is 2.48 bits per heavy atom. The van der Waals surface area contributed by atoms with Gasteiger partial charge in [0.05, 0.1) is 11.6 Å². The summed E-state index contributed by atoms with van der Waals surface area (Å²) in [5, 5.41) is 1.61. The zero-order valence-electron chi connectivity index (χ0n) is 18.3. The Labute approximate surface area is 196 Å². The number of aromatic nitrogens is 2. The average Bonchev–Trinajstić information content (AvgIpc) is 3.32. The van der Waals surface area contributed by atoms with Crippen LogP contribution in [0.4, 0.5) is 10.1 Å². The topological polar surface area (TPSA) is 52.2 Å². The lowest BCUT2D eigenvalue weighted by Gasteiger charge is -2.38. The first-order valence-electron chi connectivity index (χ1n) is 11.0. The molecule has 1 amide bonds. The Morgan fingerprint density at radius 1 is 1.03 bits per heavy atom. The van der Waals surface area contributed by atoms with E-state index >= 15 is 0 Å². The number of amides is 1. The second-order valence-electron chi connectivity index (χ2n) is 8.33. The van der Waals surface area contributed by atoms with Gasteiger partial charge in [0.2, 0.25) is 5.91 Å². The number of piperazine rings is 1. The van der Waals surface area contributed by atoms with Crippen LogP contribution in [0.5, 0.6) is 0 Å². The molecule has 0 unspecified atom stereocenters. The van der Waals surface area contributed by atoms with Crippen molar-refractivity contribution in [3.63, 3.8) is 0 Å². The van der Waals surface area contributed by atoms with Crippen molar-refractivity contribution in [2.45, 2.75) is 12.8 Å². The molecule has 1 aliphatic heterocycles. The molecule has 0 aliphatic carbocycles. The summed E-state index contributed by atoms with van der Waals surface area (Å²) in [6, 6.07) is 16.2. The predicted octanol–water partition coefficient (Wildman–Crippen LogP) is 5.47. The molecule has 2 aromatic heterocycles. The zero-order chi connectivity index (χ0) is 22.9. The number of fused-ring (bicyclic) bond motifs is 1. The molecule has 3 heterocycles. The number of nitrogens with one attached hydrogen (secondary N) is 1. The Balaban J connectivity index is 1.40. The summed E-state index contributed by atoms with van der Waals surface area (Å²) in [6.07, 6.45) is 3.58. The van der Waals surface area contributed by atoms with E-state index in [1.165, 1.54) is 6.07 Å². The molecular weight excluding hydrogens is 439 g/mol. The Hall–Kier alpha value is -3.38. The van der Waals surface area contributed by atoms with Crippen LogP contribution in [-0.4, -0.2) is 47.0 Å². The number of halogens is 2. The van der Waals surface area contributed by atoms with E-state index in [0.717, 1.165) is 27.8 Å². The number of hydrogen-bond donors (Lipinski definition) is 1. The molecule has 5 nitrogen and oxygen atoms in total. The van der Waals surface area contributed by atoms with Crippen LogP contribution < -0.4 is 4.90 Å². The zero-order valence-corrected chi connectivity index (χ0v) is 19.0. The summed E-state index contributed by atoms with van der Waals surface area (Å²) >= 11 is 5.99. The molecule has 0 radical (unpaired) electrons. The summed E-state index contributed by atoms with van der Waals surface area (Å²) in [6.45, 7) is 4.44. The summed E-state index contributed by atoms with van der Waals surface area (Å²) in [4.78, 5) is 24.9. The van der Waals surface area contributed by atoms with Crippen molar-refractivity contribution in [3.05, 3.63) is 83.4 Å². The molecule has 33 heavy (non-hydrogen) atoms. The van der Waals surface area contributed by atoms with Gasteiger partial charge >= 0.3 is 0 Å². The van der Waals surface area contributed by atoms with Crippen molar-refractivity contribution in [3.8, 4) is 11.1 Å². The third-order valence-corrected chi connectivity index (χ3v) is 6.62. The molecule has 1 N–H and O–H groups in total. The Kier molecular flexibility index (Phi) is 5.77. The van der Waals surface area contributed by atoms with E-state index in [4.69, 9.17) is 11.6 Å². The minimum Gasteiger partial charge on any atom is -0.367 e. The number of aromatic amines is 1. The minimum absolute atomic E-state index is 0.104. The second-order valence-corrected chi connectivity index (χ2v) is 8.76. The van der Waals surface area contributed by atoms with Crippen LogP contribution in [0.3, 0.4) is 0 Å². The van der Waals surface area contributed by atoms with Gasteiger partial charge < -0.3 is 14.8 Å². The fourth-order valence-electron chi connectivity index (χ4n) is 4.53. The van der Waals surface area contributed by atoms with Crippen LogP contribution in [0.1, 0.15) is 18.4 Å². The van der Waals surface area contributed by atoms with Gasteiger partial charge in [-0.25, -0.2) is 9.37 Å². The molecule has 2 aromatic carbocycles. The number of rotatable bonds is 4. The monoisotopic (exact) mass is 462 g/mol. The smallest absolute Gasteiger partial charge is 0.229 e. The summed E-state index contributed by atoms with van der Waals surface area (Å²) in [5.74, 6) is -0.408. The molecule has 1 atom stereocenters. The van der Waals surface area contributed by atoms with Crippen molar-refractivity contribution in [1.29, 1.82) is 0 Å². The van der Waals surface area contributed by atoms with Crippen molar-refractivity contribution in [1.82, 2.24) is 14.9 Å². The highest BCUT2D eigenvalue weighted by molar-refractivity contribution is 6.30. The first-order valence-corrected chi connectivity index (χ1v) is 11.4. The van der Waals surface area contributed by atoms with E-state index in [9.17, 15) is 9.18 Å². The lowest BCUT2D eigenvalue weighted by atomic mass is 9.99. The second kappa shape index (κ2) is 8.87. The van der Waals surface area contributed by atoms with Gasteiger partial charge in [-0.1, -0.05) is 41.9 Å². The van der Waals surface area contributed by atoms with Gasteiger partial charge in [-0.05, 0) is 36.8 Å². The maximum absolute atomic E-state index is 14.7. The standard InChI is InChI=1S/C26H24ClFN4O/c1-17(18-6-8-19(27)9-7-18)26(33)32-14-12-31(13-15-32)24-21-10-11-29-25(21)30-16-22(24)20-4-2-3-5-23(20)28/h2-11,16-17H,12-15H2,1H3,(H,29,30)/t17-/m0/s1. The highest BCUT2D eigenvalue weighted by atomic mass is 35.5. The molecule has 5 rings (SSSR count). The molecule has 1 aliphatic rings. The highest BCUT2D eigenvalue weighted by Gasteiger charge is 2.28. The van der Waals surface area contributed by atoms with E-state index in [1.54, 1.807) is 18.3 Å². The van der Waals surface area contributed by atoms with Gasteiger partial charge in [-0.2, -0.15) is 0 Å². The molecule has 168 valence electrons. The maximum atomic E-state index is 14.7. The molecule has 7 heteroatoms. The lowest BCUT2D eigenvalue weighted by Crippen LogP contribution is -2.50. The molecule has 0 saturated carbocycles. The SMILES string of the molecule is C[C@H](C(=O)N1CCN(c2c(-c3ccccc3F)cnc3[nH]ccc23)CC1)c1ccc(Cl)cc1. The van der Waals surface area contributed by atoms with E-state index < -0.39 is 0 Å². The van der Waals surface area contributed by atoms with Crippen molar-refractivity contribution in [2.24, 2.45) is 0 Å². The third kappa shape index (κ3) is 4.07. The number of pyridine rings is 1. The van der Waals surface area contributed by atoms with E-state index in [2.05, 4.69) is 14.9 Å². The summed E-state index contributed by atoms with van der Waals surface area (Å²) in [7, 11) is 0. The first-order chi connectivity index (χ1) is 16.0. The molecule has 0 spiro atoms. The summed E-state index contributed by atoms with van der Waals surface area (Å²) in [5.41, 5.74) is 3.95. The van der Waals surface area contributed by atoms with Crippen molar-refractivity contribution in [2.75, 3.05) is 31.1 Å². The Bertz CT molecular complexity index is 1300. The Morgan fingerprint density at radius 2 is 1.76 bits per heavy atom. The highest BCUT2D eigenvalue weighted by Crippen LogP contribution is 2.38. The number of hydrogen-bond acceptors (Lipinski definition) is 3. The minimum atomic E-state index is -0.277. The average molecular weight is 463 g/mol. The number of carbonyl (C=O) groups is 1. The largest absolute Gasteiger partial charge is 0.367 e. The van der Waals surface area contributed by atoms with Crippen LogP contribution in [0.2, 0.25) is 5.02 Å². The number of nitrogens with zero attached hydrogens (tertiary/aromatic N) is 3. The maximum Gasteiger partial charge on any atom is 0.229 e. The normalized spacial score (nSPS) is 15.1.